The van der Waals surface area contributed by atoms with Gasteiger partial charge in [0.1, 0.15) is 5.82 Å². The lowest BCUT2D eigenvalue weighted by Gasteiger charge is -2.25. The fourth-order valence-electron chi connectivity index (χ4n) is 3.84. The lowest BCUT2D eigenvalue weighted by molar-refractivity contribution is 0.0402. The zero-order chi connectivity index (χ0) is 24.1. The molecule has 0 aromatic heterocycles. The molecule has 34 heavy (non-hydrogen) atoms. The molecule has 0 saturated carbocycles. The fraction of sp³-hybridized carbons (Fsp3) is 0.231. The zero-order valence-electron chi connectivity index (χ0n) is 18.8. The van der Waals surface area contributed by atoms with Crippen molar-refractivity contribution in [2.45, 2.75) is 19.1 Å². The van der Waals surface area contributed by atoms with Gasteiger partial charge < -0.3 is 19.2 Å². The molecule has 1 atom stereocenters. The summed E-state index contributed by atoms with van der Waals surface area (Å²) in [5.41, 5.74) is 2.40. The predicted molar refractivity (Wildman–Crippen MR) is 128 cm³/mol. The first-order chi connectivity index (χ1) is 16.5. The van der Waals surface area contributed by atoms with Gasteiger partial charge in [0.05, 0.1) is 32.0 Å². The van der Waals surface area contributed by atoms with Crippen molar-refractivity contribution in [1.82, 2.24) is 4.90 Å². The molecular formula is C26H24ClFN2O4. The van der Waals surface area contributed by atoms with Gasteiger partial charge in [-0.1, -0.05) is 41.0 Å². The molecule has 0 unspecified atom stereocenters. The van der Waals surface area contributed by atoms with Gasteiger partial charge in [-0.2, -0.15) is 0 Å². The van der Waals surface area contributed by atoms with Crippen LogP contribution in [0.3, 0.4) is 0 Å². The van der Waals surface area contributed by atoms with Crippen LogP contribution in [-0.4, -0.2) is 43.4 Å². The Morgan fingerprint density at radius 3 is 2.62 bits per heavy atom. The summed E-state index contributed by atoms with van der Waals surface area (Å²) in [5, 5.41) is 4.79. The third kappa shape index (κ3) is 5.31. The van der Waals surface area contributed by atoms with E-state index in [1.54, 1.807) is 49.5 Å². The van der Waals surface area contributed by atoms with Crippen molar-refractivity contribution in [2.75, 3.05) is 20.8 Å². The summed E-state index contributed by atoms with van der Waals surface area (Å²) < 4.78 is 25.1. The van der Waals surface area contributed by atoms with E-state index in [4.69, 9.17) is 25.9 Å². The van der Waals surface area contributed by atoms with Crippen molar-refractivity contribution in [3.05, 3.63) is 94.3 Å². The van der Waals surface area contributed by atoms with Gasteiger partial charge in [-0.25, -0.2) is 4.39 Å². The Hall–Kier alpha value is -3.58. The molecule has 1 aliphatic rings. The summed E-state index contributed by atoms with van der Waals surface area (Å²) in [6.45, 7) is 0.471. The van der Waals surface area contributed by atoms with Gasteiger partial charge in [-0.15, -0.1) is 0 Å². The molecular weight excluding hydrogens is 459 g/mol. The molecule has 1 amide bonds. The van der Waals surface area contributed by atoms with Crippen LogP contribution >= 0.6 is 11.6 Å². The van der Waals surface area contributed by atoms with Crippen molar-refractivity contribution in [3.63, 3.8) is 0 Å². The van der Waals surface area contributed by atoms with Crippen molar-refractivity contribution >= 4 is 23.2 Å². The molecule has 0 radical (unpaired) electrons. The average Bonchev–Trinajstić information content (AvgIpc) is 3.31. The number of oxime groups is 1. The van der Waals surface area contributed by atoms with Crippen LogP contribution in [0.4, 0.5) is 4.39 Å². The molecule has 1 heterocycles. The maximum atomic E-state index is 14.4. The standard InChI is InChI=1S/C26H24ClFN2O4/c1-32-24-11-10-18(13-25(24)33-2)23-14-20(34-29-23)16-30(15-17-6-5-7-19(27)12-17)26(31)21-8-3-4-9-22(21)28/h3-13,20H,14-16H2,1-2H3/t20-/m0/s1. The van der Waals surface area contributed by atoms with Gasteiger partial charge in [0.2, 0.25) is 0 Å². The number of ether oxygens (including phenoxy) is 2. The van der Waals surface area contributed by atoms with E-state index >= 15 is 0 Å². The van der Waals surface area contributed by atoms with E-state index < -0.39 is 17.8 Å². The topological polar surface area (TPSA) is 60.4 Å². The molecule has 0 fully saturated rings. The number of methoxy groups -OCH3 is 2. The van der Waals surface area contributed by atoms with Crippen LogP contribution in [0.5, 0.6) is 11.5 Å². The third-order valence-corrected chi connectivity index (χ3v) is 5.76. The van der Waals surface area contributed by atoms with Gasteiger partial charge in [0.15, 0.2) is 17.6 Å². The number of hydrogen-bond acceptors (Lipinski definition) is 5. The molecule has 1 aliphatic heterocycles. The third-order valence-electron chi connectivity index (χ3n) is 5.53. The smallest absolute Gasteiger partial charge is 0.257 e. The minimum absolute atomic E-state index is 0.00329. The zero-order valence-corrected chi connectivity index (χ0v) is 19.6. The van der Waals surface area contributed by atoms with Crippen molar-refractivity contribution < 1.29 is 23.5 Å². The highest BCUT2D eigenvalue weighted by Gasteiger charge is 2.29. The van der Waals surface area contributed by atoms with E-state index in [-0.39, 0.29) is 18.7 Å². The molecule has 3 aromatic rings. The van der Waals surface area contributed by atoms with Crippen molar-refractivity contribution in [3.8, 4) is 11.5 Å². The predicted octanol–water partition coefficient (Wildman–Crippen LogP) is 5.33. The van der Waals surface area contributed by atoms with Gasteiger partial charge in [-0.05, 0) is 48.0 Å². The Morgan fingerprint density at radius 1 is 1.09 bits per heavy atom. The van der Waals surface area contributed by atoms with Crippen LogP contribution < -0.4 is 9.47 Å². The molecule has 4 rings (SSSR count). The number of carbonyl (C=O) groups excluding carboxylic acids is 1. The van der Waals surface area contributed by atoms with Crippen LogP contribution in [0.2, 0.25) is 5.02 Å². The Morgan fingerprint density at radius 2 is 1.88 bits per heavy atom. The Kier molecular flexibility index (Phi) is 7.33. The monoisotopic (exact) mass is 482 g/mol. The summed E-state index contributed by atoms with van der Waals surface area (Å²) in [6.07, 6.45) is 0.0875. The highest BCUT2D eigenvalue weighted by Crippen LogP contribution is 2.30. The minimum Gasteiger partial charge on any atom is -0.493 e. The van der Waals surface area contributed by atoms with E-state index in [9.17, 15) is 9.18 Å². The fourth-order valence-corrected chi connectivity index (χ4v) is 4.05. The summed E-state index contributed by atoms with van der Waals surface area (Å²) in [5.74, 6) is 0.202. The largest absolute Gasteiger partial charge is 0.493 e. The maximum Gasteiger partial charge on any atom is 0.257 e. The van der Waals surface area contributed by atoms with Gasteiger partial charge in [0, 0.05) is 23.6 Å². The molecule has 0 N–H and O–H groups in total. The first kappa shape index (κ1) is 23.6. The van der Waals surface area contributed by atoms with Gasteiger partial charge in [-0.3, -0.25) is 4.79 Å². The normalized spacial score (nSPS) is 14.8. The second kappa shape index (κ2) is 10.6. The number of nitrogens with zero attached hydrogens (tertiary/aromatic N) is 2. The molecule has 8 heteroatoms. The Balaban J connectivity index is 1.53. The second-order valence-electron chi connectivity index (χ2n) is 7.83. The number of halogens is 2. The van der Waals surface area contributed by atoms with Crippen LogP contribution in [0.1, 0.15) is 27.9 Å². The number of amides is 1. The summed E-state index contributed by atoms with van der Waals surface area (Å²) >= 11 is 6.13. The van der Waals surface area contributed by atoms with E-state index in [0.717, 1.165) is 16.8 Å². The molecule has 0 aliphatic carbocycles. The maximum absolute atomic E-state index is 14.4. The lowest BCUT2D eigenvalue weighted by atomic mass is 10.0. The van der Waals surface area contributed by atoms with E-state index in [0.29, 0.717) is 22.9 Å². The SMILES string of the molecule is COc1ccc(C2=NO[C@H](CN(Cc3cccc(Cl)c3)C(=O)c3ccccc3F)C2)cc1OC. The second-order valence-corrected chi connectivity index (χ2v) is 8.27. The van der Waals surface area contributed by atoms with Crippen molar-refractivity contribution in [2.24, 2.45) is 5.16 Å². The quantitative estimate of drug-likeness (QED) is 0.435. The van der Waals surface area contributed by atoms with Crippen LogP contribution in [0.25, 0.3) is 0 Å². The molecule has 0 bridgehead atoms. The molecule has 0 spiro atoms. The summed E-state index contributed by atoms with van der Waals surface area (Å²) in [7, 11) is 3.14. The van der Waals surface area contributed by atoms with E-state index in [1.165, 1.54) is 12.1 Å². The lowest BCUT2D eigenvalue weighted by Crippen LogP contribution is -2.37. The first-order valence-electron chi connectivity index (χ1n) is 10.7. The van der Waals surface area contributed by atoms with Crippen molar-refractivity contribution in [1.29, 1.82) is 0 Å². The number of carbonyl (C=O) groups is 1. The molecule has 176 valence electrons. The van der Waals surface area contributed by atoms with Crippen LogP contribution in [0.15, 0.2) is 71.9 Å². The first-order valence-corrected chi connectivity index (χ1v) is 11.1. The Bertz CT molecular complexity index is 1220. The number of rotatable bonds is 8. The van der Waals surface area contributed by atoms with E-state index in [2.05, 4.69) is 5.16 Å². The van der Waals surface area contributed by atoms with Gasteiger partial charge >= 0.3 is 0 Å². The molecule has 3 aromatic carbocycles. The molecule has 0 saturated heterocycles. The average molecular weight is 483 g/mol. The highest BCUT2D eigenvalue weighted by molar-refractivity contribution is 6.30. The van der Waals surface area contributed by atoms with Crippen LogP contribution in [0, 0.1) is 5.82 Å². The summed E-state index contributed by atoms with van der Waals surface area (Å²) in [4.78, 5) is 20.5. The number of benzene rings is 3. The van der Waals surface area contributed by atoms with Crippen LogP contribution in [-0.2, 0) is 11.4 Å². The van der Waals surface area contributed by atoms with E-state index in [1.807, 2.05) is 24.3 Å². The summed E-state index contributed by atoms with van der Waals surface area (Å²) in [6, 6.07) is 18.7. The Labute approximate surface area is 202 Å². The number of hydrogen-bond donors (Lipinski definition) is 0. The molecule has 6 nitrogen and oxygen atoms in total. The minimum atomic E-state index is -0.571. The van der Waals surface area contributed by atoms with Gasteiger partial charge in [0.25, 0.3) is 5.91 Å². The highest BCUT2D eigenvalue weighted by atomic mass is 35.5.